The van der Waals surface area contributed by atoms with E-state index < -0.39 is 0 Å². The van der Waals surface area contributed by atoms with Crippen molar-refractivity contribution < 1.29 is 4.74 Å². The average molecular weight is 254 g/mol. The molecule has 2 heterocycles. The third-order valence-corrected chi connectivity index (χ3v) is 4.22. The molecule has 2 aliphatic heterocycles. The first kappa shape index (κ1) is 14.3. The number of nitrogens with zero attached hydrogens (tertiary/aromatic N) is 1. The minimum absolute atomic E-state index is 0.258. The van der Waals surface area contributed by atoms with Gasteiger partial charge in [-0.25, -0.2) is 0 Å². The average Bonchev–Trinajstić information content (AvgIpc) is 2.37. The molecule has 0 radical (unpaired) electrons. The van der Waals surface area contributed by atoms with Gasteiger partial charge in [0.1, 0.15) is 0 Å². The lowest BCUT2D eigenvalue weighted by Crippen LogP contribution is -2.47. The van der Waals surface area contributed by atoms with Crippen LogP contribution >= 0.6 is 0 Å². The summed E-state index contributed by atoms with van der Waals surface area (Å²) in [4.78, 5) is 2.66. The predicted octanol–water partition coefficient (Wildman–Crippen LogP) is 2.27. The first-order chi connectivity index (χ1) is 8.54. The highest BCUT2D eigenvalue weighted by atomic mass is 16.5. The zero-order valence-electron chi connectivity index (χ0n) is 12.4. The second kappa shape index (κ2) is 6.36. The molecule has 0 bridgehead atoms. The molecule has 106 valence electrons. The maximum absolute atomic E-state index is 5.60. The first-order valence-electron chi connectivity index (χ1n) is 7.61. The number of piperidine rings is 1. The molecule has 0 aliphatic carbocycles. The van der Waals surface area contributed by atoms with Crippen LogP contribution < -0.4 is 5.32 Å². The van der Waals surface area contributed by atoms with Crippen LogP contribution in [-0.4, -0.2) is 49.3 Å². The Morgan fingerprint density at radius 2 is 1.89 bits per heavy atom. The summed E-state index contributed by atoms with van der Waals surface area (Å²) >= 11 is 0. The summed E-state index contributed by atoms with van der Waals surface area (Å²) < 4.78 is 5.60. The van der Waals surface area contributed by atoms with Crippen LogP contribution in [0.1, 0.15) is 46.5 Å². The molecule has 3 heteroatoms. The van der Waals surface area contributed by atoms with Gasteiger partial charge in [-0.3, -0.25) is 4.90 Å². The van der Waals surface area contributed by atoms with Crippen molar-refractivity contribution in [2.75, 3.05) is 32.8 Å². The van der Waals surface area contributed by atoms with Gasteiger partial charge >= 0.3 is 0 Å². The molecule has 1 atom stereocenters. The fourth-order valence-corrected chi connectivity index (χ4v) is 2.98. The van der Waals surface area contributed by atoms with E-state index in [1.165, 1.54) is 45.3 Å². The Balaban J connectivity index is 1.67. The Kier molecular flexibility index (Phi) is 5.05. The monoisotopic (exact) mass is 254 g/mol. The van der Waals surface area contributed by atoms with E-state index in [2.05, 4.69) is 31.0 Å². The first-order valence-corrected chi connectivity index (χ1v) is 7.61. The van der Waals surface area contributed by atoms with Gasteiger partial charge in [0.15, 0.2) is 0 Å². The van der Waals surface area contributed by atoms with Crippen LogP contribution in [0.4, 0.5) is 0 Å². The Morgan fingerprint density at radius 3 is 2.44 bits per heavy atom. The van der Waals surface area contributed by atoms with Gasteiger partial charge in [-0.15, -0.1) is 0 Å². The van der Waals surface area contributed by atoms with Crippen LogP contribution in [0.2, 0.25) is 0 Å². The van der Waals surface area contributed by atoms with E-state index in [0.29, 0.717) is 6.04 Å². The number of ether oxygens (including phenoxy) is 1. The van der Waals surface area contributed by atoms with Gasteiger partial charge in [0.2, 0.25) is 0 Å². The van der Waals surface area contributed by atoms with Crippen molar-refractivity contribution in [2.45, 2.75) is 58.0 Å². The molecule has 3 nitrogen and oxygen atoms in total. The molecule has 18 heavy (non-hydrogen) atoms. The Morgan fingerprint density at radius 1 is 1.17 bits per heavy atom. The summed E-state index contributed by atoms with van der Waals surface area (Å²) in [5, 5.41) is 3.64. The summed E-state index contributed by atoms with van der Waals surface area (Å²) in [7, 11) is 0. The number of nitrogens with one attached hydrogen (secondary N) is 1. The summed E-state index contributed by atoms with van der Waals surface area (Å²) in [6.45, 7) is 12.4. The summed E-state index contributed by atoms with van der Waals surface area (Å²) in [5.41, 5.74) is 0.258. The number of likely N-dealkylation sites (tertiary alicyclic amines) is 1. The van der Waals surface area contributed by atoms with Gasteiger partial charge in [-0.05, 0) is 72.0 Å². The lowest BCUT2D eigenvalue weighted by atomic mass is 9.93. The highest BCUT2D eigenvalue weighted by molar-refractivity contribution is 4.82. The molecule has 2 saturated heterocycles. The molecule has 0 aromatic rings. The van der Waals surface area contributed by atoms with Crippen molar-refractivity contribution in [3.8, 4) is 0 Å². The van der Waals surface area contributed by atoms with Crippen LogP contribution in [0, 0.1) is 5.92 Å². The Bertz CT molecular complexity index is 235. The van der Waals surface area contributed by atoms with Gasteiger partial charge in [0, 0.05) is 18.2 Å². The van der Waals surface area contributed by atoms with Crippen LogP contribution in [0.5, 0.6) is 0 Å². The molecule has 1 unspecified atom stereocenters. The minimum Gasteiger partial charge on any atom is -0.380 e. The van der Waals surface area contributed by atoms with Crippen LogP contribution in [0.15, 0.2) is 0 Å². The molecule has 0 amide bonds. The van der Waals surface area contributed by atoms with Crippen molar-refractivity contribution in [3.05, 3.63) is 0 Å². The number of rotatable bonds is 3. The molecule has 0 spiro atoms. The molecular weight excluding hydrogens is 224 g/mol. The Hall–Kier alpha value is -0.120. The van der Waals surface area contributed by atoms with Gasteiger partial charge < -0.3 is 10.1 Å². The maximum atomic E-state index is 5.60. The number of hydrogen-bond donors (Lipinski definition) is 1. The molecular formula is C15H30N2O. The van der Waals surface area contributed by atoms with Gasteiger partial charge in [-0.1, -0.05) is 0 Å². The van der Waals surface area contributed by atoms with Crippen molar-refractivity contribution in [1.29, 1.82) is 0 Å². The fraction of sp³-hybridized carbons (Fsp3) is 1.00. The quantitative estimate of drug-likeness (QED) is 0.836. The third-order valence-electron chi connectivity index (χ3n) is 4.22. The molecule has 2 fully saturated rings. The van der Waals surface area contributed by atoms with E-state index in [1.807, 2.05) is 0 Å². The van der Waals surface area contributed by atoms with Crippen molar-refractivity contribution in [3.63, 3.8) is 0 Å². The third kappa shape index (κ3) is 4.52. The van der Waals surface area contributed by atoms with Gasteiger partial charge in [-0.2, -0.15) is 0 Å². The summed E-state index contributed by atoms with van der Waals surface area (Å²) in [5.74, 6) is 0.866. The molecule has 2 aliphatic rings. The molecule has 0 aromatic heterocycles. The van der Waals surface area contributed by atoms with Gasteiger partial charge in [0.05, 0.1) is 6.61 Å². The SMILES string of the molecule is CC(C)(C)NCC1CCN(C2CCCOC2)CC1. The Labute approximate surface area is 112 Å². The summed E-state index contributed by atoms with van der Waals surface area (Å²) in [6, 6.07) is 0.704. The normalized spacial score (nSPS) is 28.5. The van der Waals surface area contributed by atoms with Gasteiger partial charge in [0.25, 0.3) is 0 Å². The maximum Gasteiger partial charge on any atom is 0.0621 e. The lowest BCUT2D eigenvalue weighted by Gasteiger charge is -2.39. The predicted molar refractivity (Wildman–Crippen MR) is 75.9 cm³/mol. The zero-order valence-corrected chi connectivity index (χ0v) is 12.4. The lowest BCUT2D eigenvalue weighted by molar-refractivity contribution is 0.00470. The number of hydrogen-bond acceptors (Lipinski definition) is 3. The highest BCUT2D eigenvalue weighted by Gasteiger charge is 2.26. The van der Waals surface area contributed by atoms with E-state index in [-0.39, 0.29) is 5.54 Å². The van der Waals surface area contributed by atoms with Crippen molar-refractivity contribution in [1.82, 2.24) is 10.2 Å². The van der Waals surface area contributed by atoms with Crippen LogP contribution in [0.3, 0.4) is 0 Å². The van der Waals surface area contributed by atoms with Crippen molar-refractivity contribution in [2.24, 2.45) is 5.92 Å². The molecule has 1 N–H and O–H groups in total. The topological polar surface area (TPSA) is 24.5 Å². The van der Waals surface area contributed by atoms with Crippen LogP contribution in [0.25, 0.3) is 0 Å². The smallest absolute Gasteiger partial charge is 0.0621 e. The second-order valence-electron chi connectivity index (χ2n) is 6.98. The van der Waals surface area contributed by atoms with E-state index in [9.17, 15) is 0 Å². The summed E-state index contributed by atoms with van der Waals surface area (Å²) in [6.07, 6.45) is 5.28. The largest absolute Gasteiger partial charge is 0.380 e. The second-order valence-corrected chi connectivity index (χ2v) is 6.98. The fourth-order valence-electron chi connectivity index (χ4n) is 2.98. The van der Waals surface area contributed by atoms with E-state index in [0.717, 1.165) is 19.1 Å². The standard InChI is InChI=1S/C15H30N2O/c1-15(2,3)16-11-13-6-8-17(9-7-13)14-5-4-10-18-12-14/h13-14,16H,4-12H2,1-3H3. The minimum atomic E-state index is 0.258. The molecule has 2 rings (SSSR count). The molecule has 0 aromatic carbocycles. The molecule has 0 saturated carbocycles. The van der Waals surface area contributed by atoms with E-state index >= 15 is 0 Å². The zero-order chi connectivity index (χ0) is 13.0. The van der Waals surface area contributed by atoms with Crippen molar-refractivity contribution >= 4 is 0 Å². The van der Waals surface area contributed by atoms with E-state index in [1.54, 1.807) is 0 Å². The van der Waals surface area contributed by atoms with E-state index in [4.69, 9.17) is 4.74 Å². The van der Waals surface area contributed by atoms with Crippen LogP contribution in [-0.2, 0) is 4.74 Å². The highest BCUT2D eigenvalue weighted by Crippen LogP contribution is 2.22.